The molecule has 0 aliphatic heterocycles. The molecule has 0 aliphatic rings. The Morgan fingerprint density at radius 1 is 0.367 bits per heavy atom. The van der Waals surface area contributed by atoms with E-state index in [1.54, 1.807) is 0 Å². The first-order chi connectivity index (χ1) is 26.4. The number of fused-ring (bicyclic) bond motifs is 6. The number of hydrogen-bond donors (Lipinski definition) is 0. The molecule has 0 aliphatic carbocycles. The van der Waals surface area contributed by atoms with Crippen molar-refractivity contribution in [3.05, 3.63) is 182 Å². The molecule has 1 nitrogen and oxygen atoms in total. The fraction of sp³-hybridized carbons (Fsp3) is 0. The van der Waals surface area contributed by atoms with Crippen LogP contribution in [0.5, 0.6) is 0 Å². The van der Waals surface area contributed by atoms with E-state index in [4.69, 9.17) is 11.3 Å². The second-order valence-electron chi connectivity index (χ2n) is 12.4. The summed E-state index contributed by atoms with van der Waals surface area (Å²) < 4.78 is 49.4. The second kappa shape index (κ2) is 11.1. The Morgan fingerprint density at radius 3 is 1.69 bits per heavy atom. The molecule has 10 aromatic rings. The van der Waals surface area contributed by atoms with Gasteiger partial charge in [-0.3, -0.25) is 0 Å². The minimum atomic E-state index is -0.402. The van der Waals surface area contributed by atoms with Crippen LogP contribution in [0.2, 0.25) is 0 Å². The molecule has 228 valence electrons. The average Bonchev–Trinajstić information content (AvgIpc) is 3.60. The molecule has 9 aromatic carbocycles. The molecule has 0 saturated heterocycles. The summed E-state index contributed by atoms with van der Waals surface area (Å²) in [6, 6.07) is 50.6. The number of para-hydroxylation sites is 1. The number of benzene rings is 9. The van der Waals surface area contributed by atoms with E-state index in [2.05, 4.69) is 103 Å². The number of rotatable bonds is 4. The molecule has 0 fully saturated rings. The molecule has 0 unspecified atom stereocenters. The summed E-state index contributed by atoms with van der Waals surface area (Å²) in [4.78, 5) is 0. The highest BCUT2D eigenvalue weighted by atomic mass is 16.3. The van der Waals surface area contributed by atoms with Gasteiger partial charge in [0.1, 0.15) is 11.2 Å². The maximum absolute atomic E-state index is 8.92. The van der Waals surface area contributed by atoms with Crippen molar-refractivity contribution in [1.82, 2.24) is 0 Å². The van der Waals surface area contributed by atoms with Crippen LogP contribution >= 0.6 is 0 Å². The molecule has 0 atom stereocenters. The molecule has 49 heavy (non-hydrogen) atoms. The molecule has 0 radical (unpaired) electrons. The predicted octanol–water partition coefficient (Wildman–Crippen LogP) is 13.7. The molecular formula is C48H30O. The highest BCUT2D eigenvalue weighted by molar-refractivity contribution is 6.22. The Kier molecular flexibility index (Phi) is 5.20. The highest BCUT2D eigenvalue weighted by Crippen LogP contribution is 2.47. The highest BCUT2D eigenvalue weighted by Gasteiger charge is 2.20. The second-order valence-corrected chi connectivity index (χ2v) is 12.4. The molecule has 1 heteroatoms. The monoisotopic (exact) mass is 627 g/mol. The van der Waals surface area contributed by atoms with E-state index >= 15 is 0 Å². The summed E-state index contributed by atoms with van der Waals surface area (Å²) in [6.45, 7) is 0. The smallest absolute Gasteiger partial charge is 0.136 e. The third-order valence-corrected chi connectivity index (χ3v) is 9.73. The Balaban J connectivity index is 1.26. The molecule has 0 bridgehead atoms. The Morgan fingerprint density at radius 2 is 0.959 bits per heavy atom. The Bertz CT molecular complexity index is 3090. The fourth-order valence-corrected chi connectivity index (χ4v) is 7.63. The van der Waals surface area contributed by atoms with E-state index in [0.29, 0.717) is 5.56 Å². The van der Waals surface area contributed by atoms with Crippen molar-refractivity contribution in [2.45, 2.75) is 0 Å². The maximum Gasteiger partial charge on any atom is 0.136 e. The zero-order valence-electron chi connectivity index (χ0n) is 31.3. The third-order valence-electron chi connectivity index (χ3n) is 9.73. The van der Waals surface area contributed by atoms with E-state index < -0.39 is 6.04 Å². The molecule has 1 aromatic heterocycles. The van der Waals surface area contributed by atoms with Crippen LogP contribution in [0.25, 0.3) is 98.8 Å². The van der Waals surface area contributed by atoms with Crippen molar-refractivity contribution in [3.63, 3.8) is 0 Å². The summed E-state index contributed by atoms with van der Waals surface area (Å²) >= 11 is 0. The van der Waals surface area contributed by atoms with Crippen LogP contribution in [0.15, 0.2) is 186 Å². The van der Waals surface area contributed by atoms with Gasteiger partial charge >= 0.3 is 0 Å². The van der Waals surface area contributed by atoms with Crippen molar-refractivity contribution >= 4 is 54.3 Å². The lowest BCUT2D eigenvalue weighted by Gasteiger charge is -2.19. The summed E-state index contributed by atoms with van der Waals surface area (Å²) in [7, 11) is 0. The van der Waals surface area contributed by atoms with Gasteiger partial charge in [0.05, 0.1) is 6.85 Å². The fourth-order valence-electron chi connectivity index (χ4n) is 7.63. The molecule has 0 saturated carbocycles. The molecule has 0 spiro atoms. The summed E-state index contributed by atoms with van der Waals surface area (Å²) in [5, 5.41) is 7.98. The summed E-state index contributed by atoms with van der Waals surface area (Å²) in [5.41, 5.74) is 8.87. The topological polar surface area (TPSA) is 13.1 Å². The minimum absolute atomic E-state index is 0.203. The lowest BCUT2D eigenvalue weighted by Crippen LogP contribution is -1.92. The van der Waals surface area contributed by atoms with Gasteiger partial charge in [0.15, 0.2) is 0 Å². The first-order valence-electron chi connectivity index (χ1n) is 18.9. The normalized spacial score (nSPS) is 13.1. The molecular weight excluding hydrogens is 593 g/mol. The van der Waals surface area contributed by atoms with Gasteiger partial charge in [-0.2, -0.15) is 0 Å². The van der Waals surface area contributed by atoms with E-state index in [0.717, 1.165) is 82.3 Å². The van der Waals surface area contributed by atoms with Crippen molar-refractivity contribution in [3.8, 4) is 44.5 Å². The van der Waals surface area contributed by atoms with Gasteiger partial charge in [0.25, 0.3) is 0 Å². The Hall–Kier alpha value is -6.44. The van der Waals surface area contributed by atoms with Crippen LogP contribution in [0, 0.1) is 0 Å². The van der Waals surface area contributed by atoms with Gasteiger partial charge < -0.3 is 4.42 Å². The van der Waals surface area contributed by atoms with Crippen LogP contribution in [0.1, 0.15) is 6.85 Å². The van der Waals surface area contributed by atoms with Gasteiger partial charge in [-0.1, -0.05) is 158 Å². The van der Waals surface area contributed by atoms with E-state index in [1.165, 1.54) is 5.39 Å². The van der Waals surface area contributed by atoms with Crippen molar-refractivity contribution in [1.29, 1.82) is 0 Å². The van der Waals surface area contributed by atoms with Crippen LogP contribution < -0.4 is 0 Å². The largest absolute Gasteiger partial charge is 0.456 e. The van der Waals surface area contributed by atoms with E-state index in [9.17, 15) is 0 Å². The number of hydrogen-bond acceptors (Lipinski definition) is 1. The van der Waals surface area contributed by atoms with Gasteiger partial charge in [-0.25, -0.2) is 0 Å². The third kappa shape index (κ3) is 4.40. The van der Waals surface area contributed by atoms with Gasteiger partial charge in [-0.05, 0) is 95.5 Å². The molecule has 0 amide bonds. The first kappa shape index (κ1) is 23.0. The van der Waals surface area contributed by atoms with Crippen LogP contribution in [0.4, 0.5) is 0 Å². The van der Waals surface area contributed by atoms with E-state index in [1.807, 2.05) is 48.5 Å². The van der Waals surface area contributed by atoms with Crippen LogP contribution in [0.3, 0.4) is 0 Å². The maximum atomic E-state index is 8.92. The van der Waals surface area contributed by atoms with Crippen molar-refractivity contribution in [2.75, 3.05) is 0 Å². The van der Waals surface area contributed by atoms with E-state index in [-0.39, 0.29) is 29.7 Å². The van der Waals surface area contributed by atoms with Gasteiger partial charge in [0.2, 0.25) is 0 Å². The molecule has 10 rings (SSSR count). The van der Waals surface area contributed by atoms with Crippen LogP contribution in [-0.4, -0.2) is 0 Å². The average molecular weight is 628 g/mol. The summed E-state index contributed by atoms with van der Waals surface area (Å²) in [6.07, 6.45) is 0. The Labute approximate surface area is 291 Å². The zero-order valence-corrected chi connectivity index (χ0v) is 26.3. The van der Waals surface area contributed by atoms with Gasteiger partial charge in [0, 0.05) is 16.3 Å². The predicted molar refractivity (Wildman–Crippen MR) is 208 cm³/mol. The zero-order chi connectivity index (χ0) is 36.7. The SMILES string of the molecule is [2H]c1c([2H])c([2H])c(-c2c3ccccc3c(-c3cccc(-c4ccc5oc6ccccc6c5c4-c4ccc5ccccc5c4)c3)c3ccccc23)c([2H])c1[2H]. The molecule has 0 N–H and O–H groups in total. The van der Waals surface area contributed by atoms with Crippen LogP contribution in [-0.2, 0) is 0 Å². The van der Waals surface area contributed by atoms with Gasteiger partial charge in [-0.15, -0.1) is 0 Å². The standard InChI is InChI=1S/C48H30O/c1-2-14-32(15-3-1)45-38-19-6-8-21-40(38)46(41-22-9-7-20-39(41)45)35-18-12-17-34(30-35)37-27-28-44-48(42-23-10-11-24-43(42)49-44)47(37)36-26-25-31-13-4-5-16-33(31)29-36/h1-30H/i1D,2D,3D,14D,15D. The molecule has 1 heterocycles. The first-order valence-corrected chi connectivity index (χ1v) is 16.4. The lowest BCUT2D eigenvalue weighted by atomic mass is 9.84. The lowest BCUT2D eigenvalue weighted by molar-refractivity contribution is 0.669. The number of furan rings is 1. The summed E-state index contributed by atoms with van der Waals surface area (Å²) in [5.74, 6) is 0. The quantitative estimate of drug-likeness (QED) is 0.177. The van der Waals surface area contributed by atoms with Crippen molar-refractivity contribution in [2.24, 2.45) is 0 Å². The van der Waals surface area contributed by atoms with Crippen molar-refractivity contribution < 1.29 is 11.3 Å². The minimum Gasteiger partial charge on any atom is -0.456 e.